The summed E-state index contributed by atoms with van der Waals surface area (Å²) in [5, 5.41) is 7.68. The van der Waals surface area contributed by atoms with Gasteiger partial charge >= 0.3 is 0 Å². The zero-order chi connectivity index (χ0) is 18.2. The number of benzene rings is 1. The Bertz CT molecular complexity index is 628. The van der Waals surface area contributed by atoms with Gasteiger partial charge in [0.25, 0.3) is 0 Å². The minimum atomic E-state index is -0.724. The van der Waals surface area contributed by atoms with E-state index in [4.69, 9.17) is 5.73 Å². The summed E-state index contributed by atoms with van der Waals surface area (Å²) in [5.74, 6) is -1.20. The maximum atomic E-state index is 12.2. The molecule has 1 aliphatic rings. The predicted octanol–water partition coefficient (Wildman–Crippen LogP) is -0.195. The van der Waals surface area contributed by atoms with E-state index < -0.39 is 17.9 Å². The number of nitrogens with two attached hydrogens (primary N) is 1. The molecule has 1 atom stereocenters. The molecule has 0 radical (unpaired) electrons. The molecule has 8 heteroatoms. The molecule has 0 bridgehead atoms. The Hall–Kier alpha value is -2.61. The Kier molecular flexibility index (Phi) is 6.76. The monoisotopic (exact) mass is 347 g/mol. The van der Waals surface area contributed by atoms with Crippen molar-refractivity contribution >= 4 is 29.1 Å². The summed E-state index contributed by atoms with van der Waals surface area (Å²) in [4.78, 5) is 37.2. The predicted molar refractivity (Wildman–Crippen MR) is 96.2 cm³/mol. The Balaban J connectivity index is 1.85. The van der Waals surface area contributed by atoms with Crippen LogP contribution in [-0.2, 0) is 14.4 Å². The number of nitrogens with zero attached hydrogens (tertiary/aromatic N) is 1. The van der Waals surface area contributed by atoms with Gasteiger partial charge in [-0.2, -0.15) is 0 Å². The highest BCUT2D eigenvalue weighted by Gasteiger charge is 2.17. The highest BCUT2D eigenvalue weighted by atomic mass is 16.2. The molecule has 1 saturated heterocycles. The summed E-state index contributed by atoms with van der Waals surface area (Å²) >= 11 is 0. The number of nitrogens with one attached hydrogen (secondary N) is 3. The lowest BCUT2D eigenvalue weighted by molar-refractivity contribution is -0.127. The molecule has 1 aliphatic heterocycles. The molecule has 1 unspecified atom stereocenters. The molecule has 3 amide bonds. The lowest BCUT2D eigenvalue weighted by Crippen LogP contribution is -2.46. The minimum absolute atomic E-state index is 0.184. The standard InChI is InChI=1S/C17H25N5O3/c1-12(20-16(24)11-19-15(23)10-18)17(25)21-13-5-4-6-14(9-13)22-7-2-3-8-22/h4-6,9,12H,2-3,7-8,10-11,18H2,1H3,(H,19,23)(H,20,24)(H,21,25). The third-order valence-corrected chi connectivity index (χ3v) is 3.99. The minimum Gasteiger partial charge on any atom is -0.371 e. The van der Waals surface area contributed by atoms with Crippen LogP contribution in [0.4, 0.5) is 11.4 Å². The number of anilines is 2. The summed E-state index contributed by atoms with van der Waals surface area (Å²) in [5.41, 5.74) is 6.91. The number of carbonyl (C=O) groups is 3. The maximum Gasteiger partial charge on any atom is 0.246 e. The summed E-state index contributed by atoms with van der Waals surface area (Å²) in [7, 11) is 0. The van der Waals surface area contributed by atoms with E-state index in [1.54, 1.807) is 6.92 Å². The van der Waals surface area contributed by atoms with Crippen LogP contribution in [0.15, 0.2) is 24.3 Å². The third kappa shape index (κ3) is 5.75. The van der Waals surface area contributed by atoms with Crippen LogP contribution >= 0.6 is 0 Å². The summed E-state index contributed by atoms with van der Waals surface area (Å²) < 4.78 is 0. The maximum absolute atomic E-state index is 12.2. The van der Waals surface area contributed by atoms with Crippen molar-refractivity contribution in [1.82, 2.24) is 10.6 Å². The van der Waals surface area contributed by atoms with E-state index >= 15 is 0 Å². The molecule has 1 aromatic rings. The van der Waals surface area contributed by atoms with Gasteiger partial charge in [0.15, 0.2) is 0 Å². The van der Waals surface area contributed by atoms with Crippen LogP contribution in [0, 0.1) is 0 Å². The van der Waals surface area contributed by atoms with Gasteiger partial charge in [-0.1, -0.05) is 6.07 Å². The normalized spacial score (nSPS) is 14.7. The Morgan fingerprint density at radius 1 is 1.20 bits per heavy atom. The van der Waals surface area contributed by atoms with Crippen LogP contribution in [-0.4, -0.2) is 49.9 Å². The fourth-order valence-corrected chi connectivity index (χ4v) is 2.62. The number of rotatable bonds is 7. The Morgan fingerprint density at radius 2 is 1.92 bits per heavy atom. The average molecular weight is 347 g/mol. The molecule has 2 rings (SSSR count). The number of amides is 3. The summed E-state index contributed by atoms with van der Waals surface area (Å²) in [6, 6.07) is 6.94. The topological polar surface area (TPSA) is 117 Å². The first kappa shape index (κ1) is 18.7. The second-order valence-electron chi connectivity index (χ2n) is 6.00. The average Bonchev–Trinajstić information content (AvgIpc) is 3.14. The van der Waals surface area contributed by atoms with E-state index in [1.807, 2.05) is 24.3 Å². The van der Waals surface area contributed by atoms with E-state index in [1.165, 1.54) is 12.8 Å². The molecule has 0 aliphatic carbocycles. The van der Waals surface area contributed by atoms with E-state index in [-0.39, 0.29) is 19.0 Å². The van der Waals surface area contributed by atoms with Gasteiger partial charge in [0.2, 0.25) is 17.7 Å². The van der Waals surface area contributed by atoms with Crippen molar-refractivity contribution < 1.29 is 14.4 Å². The van der Waals surface area contributed by atoms with Crippen molar-refractivity contribution in [2.45, 2.75) is 25.8 Å². The van der Waals surface area contributed by atoms with Crippen LogP contribution in [0.5, 0.6) is 0 Å². The summed E-state index contributed by atoms with van der Waals surface area (Å²) in [6.45, 7) is 3.24. The van der Waals surface area contributed by atoms with Crippen LogP contribution in [0.1, 0.15) is 19.8 Å². The van der Waals surface area contributed by atoms with E-state index in [0.29, 0.717) is 5.69 Å². The van der Waals surface area contributed by atoms with E-state index in [2.05, 4.69) is 20.9 Å². The van der Waals surface area contributed by atoms with Crippen LogP contribution in [0.2, 0.25) is 0 Å². The fourth-order valence-electron chi connectivity index (χ4n) is 2.62. The van der Waals surface area contributed by atoms with Gasteiger partial charge in [-0.05, 0) is 38.0 Å². The van der Waals surface area contributed by atoms with Gasteiger partial charge < -0.3 is 26.6 Å². The van der Waals surface area contributed by atoms with Gasteiger partial charge in [-0.15, -0.1) is 0 Å². The van der Waals surface area contributed by atoms with Gasteiger partial charge in [0.1, 0.15) is 6.04 Å². The lowest BCUT2D eigenvalue weighted by atomic mass is 10.2. The molecule has 5 N–H and O–H groups in total. The molecular formula is C17H25N5O3. The first-order chi connectivity index (χ1) is 12.0. The van der Waals surface area contributed by atoms with Crippen LogP contribution in [0.25, 0.3) is 0 Å². The smallest absolute Gasteiger partial charge is 0.246 e. The number of carbonyl (C=O) groups excluding carboxylic acids is 3. The number of hydrogen-bond donors (Lipinski definition) is 4. The third-order valence-electron chi connectivity index (χ3n) is 3.99. The van der Waals surface area contributed by atoms with Crippen molar-refractivity contribution in [3.63, 3.8) is 0 Å². The SMILES string of the molecule is CC(NC(=O)CNC(=O)CN)C(=O)Nc1cccc(N2CCCC2)c1. The second-order valence-corrected chi connectivity index (χ2v) is 6.00. The van der Waals surface area contributed by atoms with Gasteiger partial charge in [0, 0.05) is 24.5 Å². The molecule has 0 aromatic heterocycles. The molecule has 25 heavy (non-hydrogen) atoms. The molecule has 0 saturated carbocycles. The molecular weight excluding hydrogens is 322 g/mol. The highest BCUT2D eigenvalue weighted by Crippen LogP contribution is 2.23. The van der Waals surface area contributed by atoms with Crippen molar-refractivity contribution in [1.29, 1.82) is 0 Å². The first-order valence-electron chi connectivity index (χ1n) is 8.41. The van der Waals surface area contributed by atoms with Crippen LogP contribution < -0.4 is 26.6 Å². The summed E-state index contributed by atoms with van der Waals surface area (Å²) in [6.07, 6.45) is 2.36. The second kappa shape index (κ2) is 9.03. The highest BCUT2D eigenvalue weighted by molar-refractivity contribution is 5.97. The Labute approximate surface area is 147 Å². The largest absolute Gasteiger partial charge is 0.371 e. The van der Waals surface area contributed by atoms with E-state index in [0.717, 1.165) is 18.8 Å². The Morgan fingerprint density at radius 3 is 2.60 bits per heavy atom. The fraction of sp³-hybridized carbons (Fsp3) is 0.471. The van der Waals surface area contributed by atoms with Gasteiger partial charge in [-0.3, -0.25) is 14.4 Å². The van der Waals surface area contributed by atoms with Crippen molar-refractivity contribution in [3.05, 3.63) is 24.3 Å². The van der Waals surface area contributed by atoms with Gasteiger partial charge in [0.05, 0.1) is 13.1 Å². The van der Waals surface area contributed by atoms with Crippen molar-refractivity contribution in [2.24, 2.45) is 5.73 Å². The molecule has 8 nitrogen and oxygen atoms in total. The van der Waals surface area contributed by atoms with Gasteiger partial charge in [-0.25, -0.2) is 0 Å². The zero-order valence-electron chi connectivity index (χ0n) is 14.4. The first-order valence-corrected chi connectivity index (χ1v) is 8.41. The molecule has 136 valence electrons. The zero-order valence-corrected chi connectivity index (χ0v) is 14.4. The molecule has 0 spiro atoms. The van der Waals surface area contributed by atoms with E-state index in [9.17, 15) is 14.4 Å². The number of hydrogen-bond acceptors (Lipinski definition) is 5. The molecule has 1 fully saturated rings. The van der Waals surface area contributed by atoms with Crippen molar-refractivity contribution in [2.75, 3.05) is 36.4 Å². The molecule has 1 heterocycles. The molecule has 1 aromatic carbocycles. The lowest BCUT2D eigenvalue weighted by Gasteiger charge is -2.19. The quantitative estimate of drug-likeness (QED) is 0.545. The van der Waals surface area contributed by atoms with Crippen LogP contribution in [0.3, 0.4) is 0 Å². The van der Waals surface area contributed by atoms with Crippen molar-refractivity contribution in [3.8, 4) is 0 Å².